The van der Waals surface area contributed by atoms with E-state index < -0.39 is 0 Å². The maximum Gasteiger partial charge on any atom is 0.127 e. The molecule has 0 aromatic heterocycles. The zero-order valence-corrected chi connectivity index (χ0v) is 12.8. The van der Waals surface area contributed by atoms with Crippen LogP contribution in [-0.4, -0.2) is 31.6 Å². The molecule has 0 spiro atoms. The van der Waals surface area contributed by atoms with Crippen molar-refractivity contribution in [3.05, 3.63) is 35.6 Å². The van der Waals surface area contributed by atoms with E-state index in [4.69, 9.17) is 0 Å². The van der Waals surface area contributed by atoms with Crippen molar-refractivity contribution in [3.63, 3.8) is 0 Å². The summed E-state index contributed by atoms with van der Waals surface area (Å²) >= 11 is 0. The average Bonchev–Trinajstić information content (AvgIpc) is 2.43. The van der Waals surface area contributed by atoms with Gasteiger partial charge >= 0.3 is 0 Å². The smallest absolute Gasteiger partial charge is 0.127 e. The van der Waals surface area contributed by atoms with E-state index >= 15 is 0 Å². The van der Waals surface area contributed by atoms with Crippen LogP contribution in [0, 0.1) is 11.7 Å². The number of benzene rings is 1. The molecule has 0 heterocycles. The molecule has 19 heavy (non-hydrogen) atoms. The van der Waals surface area contributed by atoms with Gasteiger partial charge < -0.3 is 5.32 Å². The van der Waals surface area contributed by atoms with Crippen LogP contribution in [-0.2, 0) is 0 Å². The van der Waals surface area contributed by atoms with Crippen molar-refractivity contribution in [2.75, 3.05) is 20.6 Å². The molecule has 0 saturated heterocycles. The van der Waals surface area contributed by atoms with Crippen molar-refractivity contribution in [3.8, 4) is 0 Å². The Labute approximate surface area is 117 Å². The molecule has 1 aromatic rings. The Bertz CT molecular complexity index is 381. The van der Waals surface area contributed by atoms with Gasteiger partial charge in [0.15, 0.2) is 0 Å². The number of hydrogen-bond donors (Lipinski definition) is 1. The van der Waals surface area contributed by atoms with E-state index in [1.807, 2.05) is 19.2 Å². The van der Waals surface area contributed by atoms with Gasteiger partial charge in [-0.05, 0) is 33.0 Å². The lowest BCUT2D eigenvalue weighted by molar-refractivity contribution is 0.204. The van der Waals surface area contributed by atoms with Gasteiger partial charge in [-0.15, -0.1) is 0 Å². The van der Waals surface area contributed by atoms with Crippen LogP contribution in [0.2, 0.25) is 0 Å². The first-order chi connectivity index (χ1) is 9.01. The molecule has 3 unspecified atom stereocenters. The topological polar surface area (TPSA) is 15.3 Å². The number of nitrogens with one attached hydrogen (secondary N) is 1. The molecule has 1 rings (SSSR count). The number of rotatable bonds is 7. The Kier molecular flexibility index (Phi) is 6.46. The highest BCUT2D eigenvalue weighted by Gasteiger charge is 2.20. The molecule has 1 aromatic carbocycles. The van der Waals surface area contributed by atoms with E-state index in [1.165, 1.54) is 6.07 Å². The quantitative estimate of drug-likeness (QED) is 0.813. The van der Waals surface area contributed by atoms with E-state index in [0.29, 0.717) is 12.0 Å². The monoisotopic (exact) mass is 266 g/mol. The van der Waals surface area contributed by atoms with E-state index in [2.05, 4.69) is 38.0 Å². The highest BCUT2D eigenvalue weighted by atomic mass is 19.1. The third kappa shape index (κ3) is 4.29. The Morgan fingerprint density at radius 1 is 1.26 bits per heavy atom. The van der Waals surface area contributed by atoms with Gasteiger partial charge in [-0.2, -0.15) is 0 Å². The fourth-order valence-electron chi connectivity index (χ4n) is 2.36. The van der Waals surface area contributed by atoms with Crippen LogP contribution in [0.4, 0.5) is 4.39 Å². The lowest BCUT2D eigenvalue weighted by Gasteiger charge is -2.32. The minimum Gasteiger partial charge on any atom is -0.315 e. The van der Waals surface area contributed by atoms with Crippen molar-refractivity contribution in [1.82, 2.24) is 10.2 Å². The van der Waals surface area contributed by atoms with Gasteiger partial charge in [0.2, 0.25) is 0 Å². The van der Waals surface area contributed by atoms with Crippen LogP contribution in [0.1, 0.15) is 38.8 Å². The summed E-state index contributed by atoms with van der Waals surface area (Å²) in [5.41, 5.74) is 0.768. The van der Waals surface area contributed by atoms with Gasteiger partial charge in [0.1, 0.15) is 5.82 Å². The minimum atomic E-state index is -0.119. The largest absolute Gasteiger partial charge is 0.315 e. The van der Waals surface area contributed by atoms with Crippen molar-refractivity contribution in [1.29, 1.82) is 0 Å². The fourth-order valence-corrected chi connectivity index (χ4v) is 2.36. The van der Waals surface area contributed by atoms with Crippen molar-refractivity contribution in [2.24, 2.45) is 5.92 Å². The lowest BCUT2D eigenvalue weighted by atomic mass is 9.97. The second-order valence-corrected chi connectivity index (χ2v) is 5.42. The van der Waals surface area contributed by atoms with E-state index in [-0.39, 0.29) is 11.9 Å². The van der Waals surface area contributed by atoms with Crippen LogP contribution < -0.4 is 5.32 Å². The Hall–Kier alpha value is -0.930. The predicted molar refractivity (Wildman–Crippen MR) is 79.7 cm³/mol. The third-order valence-electron chi connectivity index (χ3n) is 4.20. The molecule has 108 valence electrons. The van der Waals surface area contributed by atoms with Crippen molar-refractivity contribution >= 4 is 0 Å². The standard InChI is InChI=1S/C16H27FN2/c1-6-12(2)16(18-4)11-19(5)13(3)14-9-7-8-10-15(14)17/h7-10,12-13,16,18H,6,11H2,1-5H3. The molecule has 0 aliphatic heterocycles. The molecule has 0 amide bonds. The van der Waals surface area contributed by atoms with E-state index in [0.717, 1.165) is 18.5 Å². The second kappa shape index (κ2) is 7.61. The van der Waals surface area contributed by atoms with E-state index in [9.17, 15) is 4.39 Å². The zero-order valence-electron chi connectivity index (χ0n) is 12.8. The number of nitrogens with zero attached hydrogens (tertiary/aromatic N) is 1. The molecular formula is C16H27FN2. The maximum absolute atomic E-state index is 13.8. The summed E-state index contributed by atoms with van der Waals surface area (Å²) in [5.74, 6) is 0.492. The fraction of sp³-hybridized carbons (Fsp3) is 0.625. The second-order valence-electron chi connectivity index (χ2n) is 5.42. The average molecular weight is 266 g/mol. The normalized spacial score (nSPS) is 16.4. The predicted octanol–water partition coefficient (Wildman–Crippen LogP) is 3.45. The highest BCUT2D eigenvalue weighted by Crippen LogP contribution is 2.22. The van der Waals surface area contributed by atoms with Crippen molar-refractivity contribution < 1.29 is 4.39 Å². The van der Waals surface area contributed by atoms with Gasteiger partial charge in [-0.25, -0.2) is 4.39 Å². The molecule has 0 aliphatic carbocycles. The summed E-state index contributed by atoms with van der Waals surface area (Å²) in [5, 5.41) is 3.37. The Morgan fingerprint density at radius 3 is 2.42 bits per heavy atom. The molecule has 3 heteroatoms. The molecule has 0 aliphatic rings. The van der Waals surface area contributed by atoms with Gasteiger partial charge in [0.05, 0.1) is 0 Å². The first-order valence-corrected chi connectivity index (χ1v) is 7.13. The lowest BCUT2D eigenvalue weighted by Crippen LogP contribution is -2.42. The molecule has 0 saturated carbocycles. The molecule has 2 nitrogen and oxygen atoms in total. The summed E-state index contributed by atoms with van der Waals surface area (Å²) in [6.45, 7) is 7.43. The SMILES string of the molecule is CCC(C)C(CN(C)C(C)c1ccccc1F)NC. The van der Waals surface area contributed by atoms with Gasteiger partial charge in [0, 0.05) is 24.2 Å². The third-order valence-corrected chi connectivity index (χ3v) is 4.20. The molecule has 1 N–H and O–H groups in total. The van der Waals surface area contributed by atoms with Crippen LogP contribution >= 0.6 is 0 Å². The number of likely N-dealkylation sites (N-methyl/N-ethyl adjacent to an activating group) is 2. The first kappa shape index (κ1) is 16.1. The van der Waals surface area contributed by atoms with Crippen LogP contribution in [0.15, 0.2) is 24.3 Å². The van der Waals surface area contributed by atoms with Crippen molar-refractivity contribution in [2.45, 2.75) is 39.3 Å². The van der Waals surface area contributed by atoms with Crippen LogP contribution in [0.3, 0.4) is 0 Å². The molecule has 3 atom stereocenters. The van der Waals surface area contributed by atoms with Crippen LogP contribution in [0.25, 0.3) is 0 Å². The van der Waals surface area contributed by atoms with Crippen LogP contribution in [0.5, 0.6) is 0 Å². The zero-order chi connectivity index (χ0) is 14.4. The Morgan fingerprint density at radius 2 is 1.89 bits per heavy atom. The summed E-state index contributed by atoms with van der Waals surface area (Å²) < 4.78 is 13.8. The summed E-state index contributed by atoms with van der Waals surface area (Å²) in [7, 11) is 4.06. The molecule has 0 bridgehead atoms. The first-order valence-electron chi connectivity index (χ1n) is 7.13. The Balaban J connectivity index is 2.72. The molecule has 0 fully saturated rings. The van der Waals surface area contributed by atoms with Gasteiger partial charge in [-0.1, -0.05) is 38.5 Å². The summed E-state index contributed by atoms with van der Waals surface area (Å²) in [6.07, 6.45) is 1.15. The molecular weight excluding hydrogens is 239 g/mol. The summed E-state index contributed by atoms with van der Waals surface area (Å²) in [4.78, 5) is 2.21. The van der Waals surface area contributed by atoms with Gasteiger partial charge in [-0.3, -0.25) is 4.90 Å². The molecule has 0 radical (unpaired) electrons. The maximum atomic E-state index is 13.8. The highest BCUT2D eigenvalue weighted by molar-refractivity contribution is 5.20. The van der Waals surface area contributed by atoms with E-state index in [1.54, 1.807) is 6.07 Å². The number of hydrogen-bond acceptors (Lipinski definition) is 2. The summed E-state index contributed by atoms with van der Waals surface area (Å²) in [6, 6.07) is 7.55. The minimum absolute atomic E-state index is 0.0844. The number of halogens is 1. The van der Waals surface area contributed by atoms with Gasteiger partial charge in [0.25, 0.3) is 0 Å².